The normalized spacial score (nSPS) is 12.6. The van der Waals surface area contributed by atoms with Crippen molar-refractivity contribution in [1.82, 2.24) is 0 Å². The lowest BCUT2D eigenvalue weighted by Gasteiger charge is -2.29. The van der Waals surface area contributed by atoms with Crippen molar-refractivity contribution in [3.63, 3.8) is 0 Å². The fraction of sp³-hybridized carbons (Fsp3) is 0.774. The van der Waals surface area contributed by atoms with Gasteiger partial charge in [0, 0.05) is 0 Å². The summed E-state index contributed by atoms with van der Waals surface area (Å²) < 4.78 is 5.66. The van der Waals surface area contributed by atoms with Crippen LogP contribution < -0.4 is 0 Å². The maximum atomic E-state index is 12.7. The van der Waals surface area contributed by atoms with Gasteiger partial charge in [-0.05, 0) is 36.0 Å². The minimum atomic E-state index is -0.182. The summed E-state index contributed by atoms with van der Waals surface area (Å²) in [7, 11) is 0. The van der Waals surface area contributed by atoms with E-state index < -0.39 is 0 Å². The molecule has 0 spiro atoms. The Morgan fingerprint density at radius 3 is 1.56 bits per heavy atom. The Bertz CT molecular complexity index is 615. The summed E-state index contributed by atoms with van der Waals surface area (Å²) in [4.78, 5) is 12.7. The van der Waals surface area contributed by atoms with E-state index in [1.165, 1.54) is 89.9 Å². The molecule has 0 heterocycles. The van der Waals surface area contributed by atoms with Crippen LogP contribution in [0.1, 0.15) is 136 Å². The fourth-order valence-corrected chi connectivity index (χ4v) is 4.53. The Balaban J connectivity index is 2.02. The minimum absolute atomic E-state index is 0.0958. The first-order chi connectivity index (χ1) is 16.3. The minimum Gasteiger partial charge on any atom is -0.508 e. The molecule has 0 fully saturated rings. The summed E-state index contributed by atoms with van der Waals surface area (Å²) in [5.41, 5.74) is 0.890. The summed E-state index contributed by atoms with van der Waals surface area (Å²) in [6.45, 7) is 9.08. The smallest absolute Gasteiger partial charge is 0.309 e. The number of rotatable bonds is 20. The molecule has 0 aliphatic rings. The van der Waals surface area contributed by atoms with Gasteiger partial charge in [0.15, 0.2) is 0 Å². The summed E-state index contributed by atoms with van der Waals surface area (Å²) in [6.07, 6.45) is 22.1. The molecule has 3 heteroatoms. The highest BCUT2D eigenvalue weighted by Gasteiger charge is 2.32. The molecule has 0 aliphatic heterocycles. The zero-order valence-corrected chi connectivity index (χ0v) is 22.9. The molecular formula is C31H54O3. The first-order valence-electron chi connectivity index (χ1n) is 14.3. The van der Waals surface area contributed by atoms with Crippen LogP contribution in [0.25, 0.3) is 0 Å². The molecule has 1 atom stereocenters. The highest BCUT2D eigenvalue weighted by molar-refractivity contribution is 5.73. The van der Waals surface area contributed by atoms with Gasteiger partial charge in [0.2, 0.25) is 0 Å². The number of hydrogen-bond donors (Lipinski definition) is 1. The van der Waals surface area contributed by atoms with E-state index in [0.29, 0.717) is 13.0 Å². The quantitative estimate of drug-likeness (QED) is 0.151. The number of esters is 1. The summed E-state index contributed by atoms with van der Waals surface area (Å²) in [6, 6.07) is 7.13. The van der Waals surface area contributed by atoms with E-state index in [4.69, 9.17) is 4.74 Å². The van der Waals surface area contributed by atoms with Gasteiger partial charge in [-0.25, -0.2) is 0 Å². The van der Waals surface area contributed by atoms with E-state index >= 15 is 0 Å². The van der Waals surface area contributed by atoms with Gasteiger partial charge < -0.3 is 9.84 Å². The van der Waals surface area contributed by atoms with Crippen molar-refractivity contribution in [3.05, 3.63) is 29.8 Å². The van der Waals surface area contributed by atoms with Gasteiger partial charge in [-0.2, -0.15) is 0 Å². The molecule has 1 aromatic carbocycles. The molecule has 1 N–H and O–H groups in total. The molecule has 0 aliphatic carbocycles. The van der Waals surface area contributed by atoms with Gasteiger partial charge in [-0.1, -0.05) is 136 Å². The standard InChI is InChI=1S/C31H54O3/c1-5-6-7-8-9-10-11-12-13-14-15-16-17-18-19-20-25-34-30(33)29(31(2,3)4)26-27-21-23-28(32)24-22-27/h21-24,29,32H,5-20,25-26H2,1-4H3. The molecule has 0 aromatic heterocycles. The lowest BCUT2D eigenvalue weighted by molar-refractivity contribution is -0.152. The second kappa shape index (κ2) is 18.8. The van der Waals surface area contributed by atoms with Gasteiger partial charge in [-0.15, -0.1) is 0 Å². The highest BCUT2D eigenvalue weighted by atomic mass is 16.5. The fourth-order valence-electron chi connectivity index (χ4n) is 4.53. The molecule has 0 bridgehead atoms. The lowest BCUT2D eigenvalue weighted by atomic mass is 9.77. The predicted octanol–water partition coefficient (Wildman–Crippen LogP) is 9.40. The van der Waals surface area contributed by atoms with Crippen LogP contribution in [0.3, 0.4) is 0 Å². The lowest BCUT2D eigenvalue weighted by Crippen LogP contribution is -2.32. The third-order valence-corrected chi connectivity index (χ3v) is 6.95. The summed E-state index contributed by atoms with van der Waals surface area (Å²) >= 11 is 0. The zero-order chi connectivity index (χ0) is 25.1. The molecular weight excluding hydrogens is 420 g/mol. The van der Waals surface area contributed by atoms with Crippen LogP contribution in [-0.2, 0) is 16.0 Å². The van der Waals surface area contributed by atoms with Crippen molar-refractivity contribution < 1.29 is 14.6 Å². The van der Waals surface area contributed by atoms with E-state index in [-0.39, 0.29) is 23.1 Å². The highest BCUT2D eigenvalue weighted by Crippen LogP contribution is 2.31. The molecule has 0 saturated carbocycles. The van der Waals surface area contributed by atoms with Crippen LogP contribution in [0.15, 0.2) is 24.3 Å². The Kier molecular flexibility index (Phi) is 16.9. The molecule has 196 valence electrons. The molecule has 1 aromatic rings. The number of ether oxygens (including phenoxy) is 1. The summed E-state index contributed by atoms with van der Waals surface area (Å²) in [5, 5.41) is 9.48. The van der Waals surface area contributed by atoms with Crippen LogP contribution in [0.4, 0.5) is 0 Å². The Hall–Kier alpha value is -1.51. The van der Waals surface area contributed by atoms with Crippen molar-refractivity contribution in [3.8, 4) is 5.75 Å². The third-order valence-electron chi connectivity index (χ3n) is 6.95. The van der Waals surface area contributed by atoms with Crippen molar-refractivity contribution >= 4 is 5.97 Å². The molecule has 34 heavy (non-hydrogen) atoms. The average molecular weight is 475 g/mol. The number of carbonyl (C=O) groups is 1. The first kappa shape index (κ1) is 30.5. The number of phenolic OH excluding ortho intramolecular Hbond substituents is 1. The van der Waals surface area contributed by atoms with Gasteiger partial charge >= 0.3 is 5.97 Å². The van der Waals surface area contributed by atoms with Crippen LogP contribution in [-0.4, -0.2) is 17.7 Å². The van der Waals surface area contributed by atoms with E-state index in [1.807, 2.05) is 12.1 Å². The van der Waals surface area contributed by atoms with E-state index in [9.17, 15) is 9.90 Å². The number of unbranched alkanes of at least 4 members (excludes halogenated alkanes) is 15. The van der Waals surface area contributed by atoms with Gasteiger partial charge in [-0.3, -0.25) is 4.79 Å². The first-order valence-corrected chi connectivity index (χ1v) is 14.3. The number of aromatic hydroxyl groups is 1. The summed E-state index contributed by atoms with van der Waals surface area (Å²) in [5.74, 6) is -0.0261. The molecule has 1 unspecified atom stereocenters. The monoisotopic (exact) mass is 474 g/mol. The van der Waals surface area contributed by atoms with Crippen LogP contribution in [0.5, 0.6) is 5.75 Å². The van der Waals surface area contributed by atoms with Crippen molar-refractivity contribution in [1.29, 1.82) is 0 Å². The SMILES string of the molecule is CCCCCCCCCCCCCCCCCCOC(=O)C(Cc1ccc(O)cc1)C(C)(C)C. The Morgan fingerprint density at radius 1 is 0.735 bits per heavy atom. The third kappa shape index (κ3) is 15.4. The van der Waals surface area contributed by atoms with Crippen LogP contribution in [0, 0.1) is 11.3 Å². The second-order valence-corrected chi connectivity index (χ2v) is 11.3. The number of phenols is 1. The molecule has 1 rings (SSSR count). The second-order valence-electron chi connectivity index (χ2n) is 11.3. The molecule has 3 nitrogen and oxygen atoms in total. The largest absolute Gasteiger partial charge is 0.508 e. The molecule has 0 saturated heterocycles. The van der Waals surface area contributed by atoms with Crippen molar-refractivity contribution in [2.75, 3.05) is 6.61 Å². The van der Waals surface area contributed by atoms with Crippen LogP contribution in [0.2, 0.25) is 0 Å². The van der Waals surface area contributed by atoms with Gasteiger partial charge in [0.25, 0.3) is 0 Å². The number of hydrogen-bond acceptors (Lipinski definition) is 3. The van der Waals surface area contributed by atoms with E-state index in [0.717, 1.165) is 18.4 Å². The predicted molar refractivity (Wildman–Crippen MR) is 145 cm³/mol. The Morgan fingerprint density at radius 2 is 1.15 bits per heavy atom. The molecule has 0 radical (unpaired) electrons. The van der Waals surface area contributed by atoms with Gasteiger partial charge in [0.1, 0.15) is 5.75 Å². The van der Waals surface area contributed by atoms with Gasteiger partial charge in [0.05, 0.1) is 12.5 Å². The maximum absolute atomic E-state index is 12.7. The zero-order valence-electron chi connectivity index (χ0n) is 22.9. The van der Waals surface area contributed by atoms with E-state index in [1.54, 1.807) is 12.1 Å². The average Bonchev–Trinajstić information content (AvgIpc) is 2.79. The van der Waals surface area contributed by atoms with Crippen LogP contribution >= 0.6 is 0 Å². The van der Waals surface area contributed by atoms with Crippen molar-refractivity contribution in [2.24, 2.45) is 11.3 Å². The molecule has 0 amide bonds. The topological polar surface area (TPSA) is 46.5 Å². The number of carbonyl (C=O) groups excluding carboxylic acids is 1. The number of benzene rings is 1. The van der Waals surface area contributed by atoms with E-state index in [2.05, 4.69) is 27.7 Å². The van der Waals surface area contributed by atoms with Crippen molar-refractivity contribution in [2.45, 2.75) is 137 Å². The maximum Gasteiger partial charge on any atom is 0.309 e. The Labute approximate surface area is 211 Å².